The van der Waals surface area contributed by atoms with Gasteiger partial charge in [0.25, 0.3) is 0 Å². The van der Waals surface area contributed by atoms with Crippen LogP contribution in [-0.2, 0) is 4.74 Å². The van der Waals surface area contributed by atoms with Crippen LogP contribution in [0.15, 0.2) is 30.3 Å². The Morgan fingerprint density at radius 3 is 2.27 bits per heavy atom. The van der Waals surface area contributed by atoms with Gasteiger partial charge in [-0.1, -0.05) is 70.1 Å². The molecule has 0 spiro atoms. The fraction of sp³-hybridized carbons (Fsp3) is 0.632. The maximum Gasteiger partial charge on any atom is 0.338 e. The number of rotatable bonds is 11. The lowest BCUT2D eigenvalue weighted by Gasteiger charge is -2.19. The minimum Gasteiger partial charge on any atom is -0.456 e. The Morgan fingerprint density at radius 1 is 1.05 bits per heavy atom. The third-order valence-corrected chi connectivity index (χ3v) is 3.95. The Balaban J connectivity index is 2.16. The second-order valence-corrected chi connectivity index (χ2v) is 5.95. The normalized spacial score (nSPS) is 13.6. The van der Waals surface area contributed by atoms with Crippen LogP contribution in [-0.4, -0.2) is 23.3 Å². The SMILES string of the molecule is CCCCCCCCCC(O)C(C)OC(=O)c1ccccc1. The summed E-state index contributed by atoms with van der Waals surface area (Å²) < 4.78 is 5.32. The van der Waals surface area contributed by atoms with E-state index in [4.69, 9.17) is 4.74 Å². The number of ether oxygens (including phenoxy) is 1. The summed E-state index contributed by atoms with van der Waals surface area (Å²) in [6.45, 7) is 3.97. The maximum absolute atomic E-state index is 11.9. The fourth-order valence-electron chi connectivity index (χ4n) is 2.43. The molecule has 0 aliphatic carbocycles. The molecule has 1 aromatic rings. The van der Waals surface area contributed by atoms with Crippen LogP contribution in [0.3, 0.4) is 0 Å². The highest BCUT2D eigenvalue weighted by Crippen LogP contribution is 2.13. The summed E-state index contributed by atoms with van der Waals surface area (Å²) >= 11 is 0. The van der Waals surface area contributed by atoms with Gasteiger partial charge < -0.3 is 9.84 Å². The van der Waals surface area contributed by atoms with Crippen molar-refractivity contribution < 1.29 is 14.6 Å². The van der Waals surface area contributed by atoms with Crippen LogP contribution in [0.5, 0.6) is 0 Å². The van der Waals surface area contributed by atoms with Gasteiger partial charge in [-0.2, -0.15) is 0 Å². The Kier molecular flexibility index (Phi) is 9.56. The highest BCUT2D eigenvalue weighted by atomic mass is 16.6. The largest absolute Gasteiger partial charge is 0.456 e. The molecule has 0 aliphatic heterocycles. The third kappa shape index (κ3) is 7.60. The molecule has 0 radical (unpaired) electrons. The molecular formula is C19H30O3. The van der Waals surface area contributed by atoms with Crippen molar-refractivity contribution in [2.75, 3.05) is 0 Å². The van der Waals surface area contributed by atoms with Gasteiger partial charge in [-0.15, -0.1) is 0 Å². The third-order valence-electron chi connectivity index (χ3n) is 3.95. The van der Waals surface area contributed by atoms with Crippen molar-refractivity contribution >= 4 is 5.97 Å². The van der Waals surface area contributed by atoms with Crippen LogP contribution < -0.4 is 0 Å². The number of hydrogen-bond donors (Lipinski definition) is 1. The van der Waals surface area contributed by atoms with Gasteiger partial charge in [0.15, 0.2) is 0 Å². The van der Waals surface area contributed by atoms with Crippen LogP contribution in [0.4, 0.5) is 0 Å². The molecule has 0 saturated heterocycles. The van der Waals surface area contributed by atoms with E-state index < -0.39 is 12.2 Å². The molecule has 2 unspecified atom stereocenters. The average molecular weight is 306 g/mol. The van der Waals surface area contributed by atoms with Gasteiger partial charge in [-0.3, -0.25) is 0 Å². The smallest absolute Gasteiger partial charge is 0.338 e. The van der Waals surface area contributed by atoms with E-state index in [0.717, 1.165) is 12.8 Å². The molecule has 1 aromatic carbocycles. The second kappa shape index (κ2) is 11.2. The van der Waals surface area contributed by atoms with Crippen LogP contribution >= 0.6 is 0 Å². The van der Waals surface area contributed by atoms with Gasteiger partial charge in [0, 0.05) is 0 Å². The Labute approximate surface area is 134 Å². The Bertz CT molecular complexity index is 402. The Morgan fingerprint density at radius 2 is 1.64 bits per heavy atom. The highest BCUT2D eigenvalue weighted by molar-refractivity contribution is 5.89. The number of benzene rings is 1. The minimum absolute atomic E-state index is 0.369. The molecule has 0 saturated carbocycles. The zero-order chi connectivity index (χ0) is 16.2. The van der Waals surface area contributed by atoms with Crippen LogP contribution in [0, 0.1) is 0 Å². The van der Waals surface area contributed by atoms with Gasteiger partial charge in [-0.25, -0.2) is 4.79 Å². The molecule has 0 amide bonds. The molecule has 0 aromatic heterocycles. The number of carbonyl (C=O) groups is 1. The molecule has 0 bridgehead atoms. The summed E-state index contributed by atoms with van der Waals surface area (Å²) in [6.07, 6.45) is 8.17. The predicted octanol–water partition coefficient (Wildman–Crippen LogP) is 4.73. The fourth-order valence-corrected chi connectivity index (χ4v) is 2.43. The monoisotopic (exact) mass is 306 g/mol. The molecule has 1 N–H and O–H groups in total. The van der Waals surface area contributed by atoms with Crippen molar-refractivity contribution in [2.45, 2.75) is 77.4 Å². The zero-order valence-corrected chi connectivity index (χ0v) is 14.0. The van der Waals surface area contributed by atoms with Crippen molar-refractivity contribution in [1.29, 1.82) is 0 Å². The highest BCUT2D eigenvalue weighted by Gasteiger charge is 2.19. The van der Waals surface area contributed by atoms with Gasteiger partial charge >= 0.3 is 5.97 Å². The molecule has 2 atom stereocenters. The number of aliphatic hydroxyl groups is 1. The van der Waals surface area contributed by atoms with Crippen LogP contribution in [0.2, 0.25) is 0 Å². The first-order chi connectivity index (χ1) is 10.6. The lowest BCUT2D eigenvalue weighted by atomic mass is 10.0. The standard InChI is InChI=1S/C19H30O3/c1-3-4-5-6-7-8-12-15-18(20)16(2)22-19(21)17-13-10-9-11-14-17/h9-11,13-14,16,18,20H,3-8,12,15H2,1-2H3. The Hall–Kier alpha value is -1.35. The first-order valence-corrected chi connectivity index (χ1v) is 8.59. The lowest BCUT2D eigenvalue weighted by molar-refractivity contribution is -0.0139. The summed E-state index contributed by atoms with van der Waals surface area (Å²) in [5.41, 5.74) is 0.525. The van der Waals surface area contributed by atoms with Crippen molar-refractivity contribution in [2.24, 2.45) is 0 Å². The molecule has 0 heterocycles. The van der Waals surface area contributed by atoms with Crippen molar-refractivity contribution in [3.63, 3.8) is 0 Å². The molecule has 3 heteroatoms. The predicted molar refractivity (Wildman–Crippen MR) is 89.9 cm³/mol. The molecular weight excluding hydrogens is 276 g/mol. The molecule has 1 rings (SSSR count). The van der Waals surface area contributed by atoms with Gasteiger partial charge in [0.05, 0.1) is 11.7 Å². The zero-order valence-electron chi connectivity index (χ0n) is 14.0. The van der Waals surface area contributed by atoms with Gasteiger partial charge in [-0.05, 0) is 25.5 Å². The van der Waals surface area contributed by atoms with E-state index in [1.165, 1.54) is 32.1 Å². The van der Waals surface area contributed by atoms with Crippen LogP contribution in [0.1, 0.15) is 75.6 Å². The number of carbonyl (C=O) groups excluding carboxylic acids is 1. The summed E-state index contributed by atoms with van der Waals surface area (Å²) in [5, 5.41) is 10.1. The van der Waals surface area contributed by atoms with Crippen LogP contribution in [0.25, 0.3) is 0 Å². The minimum atomic E-state index is -0.580. The topological polar surface area (TPSA) is 46.5 Å². The van der Waals surface area contributed by atoms with Gasteiger partial charge in [0.2, 0.25) is 0 Å². The average Bonchev–Trinajstić information content (AvgIpc) is 2.54. The van der Waals surface area contributed by atoms with Crippen molar-refractivity contribution in [3.05, 3.63) is 35.9 Å². The number of hydrogen-bond acceptors (Lipinski definition) is 3. The van der Waals surface area contributed by atoms with E-state index in [1.807, 2.05) is 6.07 Å². The molecule has 22 heavy (non-hydrogen) atoms. The number of esters is 1. The van der Waals surface area contributed by atoms with E-state index in [9.17, 15) is 9.90 Å². The molecule has 3 nitrogen and oxygen atoms in total. The number of aliphatic hydroxyl groups excluding tert-OH is 1. The van der Waals surface area contributed by atoms with E-state index in [0.29, 0.717) is 12.0 Å². The molecule has 124 valence electrons. The second-order valence-electron chi connectivity index (χ2n) is 5.95. The first kappa shape index (κ1) is 18.7. The lowest BCUT2D eigenvalue weighted by Crippen LogP contribution is -2.28. The van der Waals surface area contributed by atoms with Crippen molar-refractivity contribution in [1.82, 2.24) is 0 Å². The summed E-state index contributed by atoms with van der Waals surface area (Å²) in [4.78, 5) is 11.9. The number of unbranched alkanes of at least 4 members (excludes halogenated alkanes) is 6. The van der Waals surface area contributed by atoms with Crippen molar-refractivity contribution in [3.8, 4) is 0 Å². The quantitative estimate of drug-likeness (QED) is 0.475. The van der Waals surface area contributed by atoms with E-state index in [-0.39, 0.29) is 5.97 Å². The summed E-state index contributed by atoms with van der Waals surface area (Å²) in [6, 6.07) is 8.90. The van der Waals surface area contributed by atoms with E-state index in [1.54, 1.807) is 31.2 Å². The maximum atomic E-state index is 11.9. The summed E-state index contributed by atoms with van der Waals surface area (Å²) in [5.74, 6) is -0.369. The van der Waals surface area contributed by atoms with E-state index >= 15 is 0 Å². The molecule has 0 aliphatic rings. The van der Waals surface area contributed by atoms with E-state index in [2.05, 4.69) is 6.92 Å². The summed E-state index contributed by atoms with van der Waals surface area (Å²) in [7, 11) is 0. The van der Waals surface area contributed by atoms with Gasteiger partial charge in [0.1, 0.15) is 6.10 Å². The first-order valence-electron chi connectivity index (χ1n) is 8.59. The molecule has 0 fully saturated rings.